The van der Waals surface area contributed by atoms with E-state index in [1.165, 1.54) is 6.92 Å². The van der Waals surface area contributed by atoms with Crippen LogP contribution in [-0.4, -0.2) is 19.5 Å². The number of rotatable bonds is 6. The number of amides is 1. The van der Waals surface area contributed by atoms with E-state index >= 15 is 0 Å². The van der Waals surface area contributed by atoms with Crippen molar-refractivity contribution in [2.45, 2.75) is 32.6 Å². The second-order valence-electron chi connectivity index (χ2n) is 6.97. The maximum absolute atomic E-state index is 13.0. The number of benzene rings is 2. The highest BCUT2D eigenvalue weighted by Gasteiger charge is 2.18. The SMILES string of the molecule is CC(=O)Nc1c(C)noc1C=Cc1ccc(C)c(S(=O)(=O)Nc2ccccc2C)c1. The van der Waals surface area contributed by atoms with E-state index in [4.69, 9.17) is 4.52 Å². The van der Waals surface area contributed by atoms with Crippen molar-refractivity contribution in [1.29, 1.82) is 0 Å². The summed E-state index contributed by atoms with van der Waals surface area (Å²) >= 11 is 0. The molecule has 0 saturated carbocycles. The van der Waals surface area contributed by atoms with Gasteiger partial charge in [0.2, 0.25) is 5.91 Å². The summed E-state index contributed by atoms with van der Waals surface area (Å²) < 4.78 is 33.8. The zero-order valence-corrected chi connectivity index (χ0v) is 18.0. The van der Waals surface area contributed by atoms with Crippen LogP contribution in [0.4, 0.5) is 11.4 Å². The van der Waals surface area contributed by atoms with Crippen LogP contribution in [0.25, 0.3) is 12.2 Å². The molecule has 7 nitrogen and oxygen atoms in total. The molecule has 0 saturated heterocycles. The highest BCUT2D eigenvalue weighted by atomic mass is 32.2. The molecule has 1 aromatic heterocycles. The van der Waals surface area contributed by atoms with Crippen molar-refractivity contribution in [2.24, 2.45) is 0 Å². The third-order valence-electron chi connectivity index (χ3n) is 4.51. The van der Waals surface area contributed by atoms with E-state index < -0.39 is 10.0 Å². The fourth-order valence-corrected chi connectivity index (χ4v) is 4.31. The van der Waals surface area contributed by atoms with Gasteiger partial charge >= 0.3 is 0 Å². The summed E-state index contributed by atoms with van der Waals surface area (Å²) in [6.07, 6.45) is 3.35. The lowest BCUT2D eigenvalue weighted by atomic mass is 10.1. The lowest BCUT2D eigenvalue weighted by molar-refractivity contribution is -0.114. The number of anilines is 2. The number of hydrogen-bond acceptors (Lipinski definition) is 5. The summed E-state index contributed by atoms with van der Waals surface area (Å²) in [5.74, 6) is 0.146. The number of nitrogens with one attached hydrogen (secondary N) is 2. The molecule has 2 N–H and O–H groups in total. The molecule has 30 heavy (non-hydrogen) atoms. The molecule has 0 spiro atoms. The quantitative estimate of drug-likeness (QED) is 0.604. The number of sulfonamides is 1. The molecule has 0 unspecified atom stereocenters. The van der Waals surface area contributed by atoms with E-state index in [1.54, 1.807) is 56.3 Å². The molecule has 0 radical (unpaired) electrons. The van der Waals surface area contributed by atoms with Gasteiger partial charge in [0.1, 0.15) is 11.4 Å². The van der Waals surface area contributed by atoms with Crippen LogP contribution >= 0.6 is 0 Å². The smallest absolute Gasteiger partial charge is 0.262 e. The van der Waals surface area contributed by atoms with Gasteiger partial charge < -0.3 is 9.84 Å². The number of carbonyl (C=O) groups excluding carboxylic acids is 1. The molecular formula is C22H23N3O4S. The first-order valence-corrected chi connectivity index (χ1v) is 10.8. The maximum atomic E-state index is 13.0. The van der Waals surface area contributed by atoms with Gasteiger partial charge in [0, 0.05) is 6.92 Å². The molecule has 156 valence electrons. The van der Waals surface area contributed by atoms with Crippen LogP contribution in [0.5, 0.6) is 0 Å². The summed E-state index contributed by atoms with van der Waals surface area (Å²) in [6.45, 7) is 6.71. The number of carbonyl (C=O) groups is 1. The second-order valence-corrected chi connectivity index (χ2v) is 8.62. The predicted molar refractivity (Wildman–Crippen MR) is 118 cm³/mol. The molecule has 8 heteroatoms. The van der Waals surface area contributed by atoms with Gasteiger partial charge in [0.05, 0.1) is 10.6 Å². The van der Waals surface area contributed by atoms with Crippen LogP contribution < -0.4 is 10.0 Å². The largest absolute Gasteiger partial charge is 0.354 e. The van der Waals surface area contributed by atoms with Crippen molar-refractivity contribution in [2.75, 3.05) is 10.0 Å². The lowest BCUT2D eigenvalue weighted by Crippen LogP contribution is -2.15. The highest BCUT2D eigenvalue weighted by molar-refractivity contribution is 7.92. The molecule has 3 rings (SSSR count). The van der Waals surface area contributed by atoms with Crippen LogP contribution in [0, 0.1) is 20.8 Å². The van der Waals surface area contributed by atoms with Gasteiger partial charge in [-0.25, -0.2) is 8.42 Å². The van der Waals surface area contributed by atoms with Crippen molar-refractivity contribution in [3.05, 3.63) is 70.6 Å². The zero-order valence-electron chi connectivity index (χ0n) is 17.2. The van der Waals surface area contributed by atoms with Gasteiger partial charge in [-0.15, -0.1) is 0 Å². The Morgan fingerprint density at radius 2 is 1.77 bits per heavy atom. The lowest BCUT2D eigenvalue weighted by Gasteiger charge is -2.13. The Bertz CT molecular complexity index is 1230. The van der Waals surface area contributed by atoms with Crippen LogP contribution in [-0.2, 0) is 14.8 Å². The van der Waals surface area contributed by atoms with Crippen LogP contribution in [0.15, 0.2) is 51.9 Å². The van der Waals surface area contributed by atoms with Gasteiger partial charge in [-0.05, 0) is 55.7 Å². The minimum atomic E-state index is -3.77. The number of aryl methyl sites for hydroxylation is 3. The summed E-state index contributed by atoms with van der Waals surface area (Å²) in [6, 6.07) is 12.3. The predicted octanol–water partition coefficient (Wildman–Crippen LogP) is 4.53. The van der Waals surface area contributed by atoms with Crippen molar-refractivity contribution in [3.8, 4) is 0 Å². The van der Waals surface area contributed by atoms with Crippen LogP contribution in [0.3, 0.4) is 0 Å². The average molecular weight is 426 g/mol. The molecule has 1 heterocycles. The Balaban J connectivity index is 1.92. The summed E-state index contributed by atoms with van der Waals surface area (Å²) in [4.78, 5) is 11.6. The first kappa shape index (κ1) is 21.3. The van der Waals surface area contributed by atoms with E-state index in [0.29, 0.717) is 34.0 Å². The van der Waals surface area contributed by atoms with Gasteiger partial charge in [-0.3, -0.25) is 9.52 Å². The van der Waals surface area contributed by atoms with Crippen molar-refractivity contribution >= 4 is 39.5 Å². The van der Waals surface area contributed by atoms with Crippen LogP contribution in [0.2, 0.25) is 0 Å². The number of hydrogen-bond donors (Lipinski definition) is 2. The summed E-state index contributed by atoms with van der Waals surface area (Å²) in [5.41, 5.74) is 3.70. The van der Waals surface area contributed by atoms with Gasteiger partial charge in [-0.2, -0.15) is 0 Å². The van der Waals surface area contributed by atoms with Crippen molar-refractivity contribution in [1.82, 2.24) is 5.16 Å². The molecule has 0 atom stereocenters. The minimum Gasteiger partial charge on any atom is -0.354 e. The summed E-state index contributed by atoms with van der Waals surface area (Å²) in [5, 5.41) is 6.54. The molecule has 0 bridgehead atoms. The molecule has 0 fully saturated rings. The normalized spacial score (nSPS) is 11.6. The van der Waals surface area contributed by atoms with Gasteiger partial charge in [-0.1, -0.05) is 41.6 Å². The fraction of sp³-hybridized carbons (Fsp3) is 0.182. The van der Waals surface area contributed by atoms with Crippen molar-refractivity contribution in [3.63, 3.8) is 0 Å². The maximum Gasteiger partial charge on any atom is 0.262 e. The third kappa shape index (κ3) is 4.77. The summed E-state index contributed by atoms with van der Waals surface area (Å²) in [7, 11) is -3.77. The van der Waals surface area contributed by atoms with E-state index in [2.05, 4.69) is 15.2 Å². The Morgan fingerprint density at radius 1 is 1.03 bits per heavy atom. The molecule has 0 aliphatic carbocycles. The van der Waals surface area contributed by atoms with E-state index in [-0.39, 0.29) is 10.8 Å². The average Bonchev–Trinajstić information content (AvgIpc) is 3.02. The van der Waals surface area contributed by atoms with E-state index in [9.17, 15) is 13.2 Å². The third-order valence-corrected chi connectivity index (χ3v) is 6.02. The topological polar surface area (TPSA) is 101 Å². The molecular weight excluding hydrogens is 402 g/mol. The van der Waals surface area contributed by atoms with Crippen LogP contribution in [0.1, 0.15) is 35.1 Å². The van der Waals surface area contributed by atoms with Crippen molar-refractivity contribution < 1.29 is 17.7 Å². The Morgan fingerprint density at radius 3 is 2.47 bits per heavy atom. The molecule has 0 aliphatic heterocycles. The number of aromatic nitrogens is 1. The Kier molecular flexibility index (Phi) is 6.07. The molecule has 0 aliphatic rings. The standard InChI is InChI=1S/C22H23N3O4S/c1-14-7-5-6-8-19(14)25-30(27,28)21-13-18(10-9-15(21)2)11-12-20-22(23-17(4)26)16(3)24-29-20/h5-13,25H,1-4H3,(H,23,26). The Hall–Kier alpha value is -3.39. The second kappa shape index (κ2) is 8.54. The molecule has 3 aromatic rings. The zero-order chi connectivity index (χ0) is 21.9. The fourth-order valence-electron chi connectivity index (χ4n) is 2.90. The molecule has 2 aromatic carbocycles. The van der Waals surface area contributed by atoms with E-state index in [0.717, 1.165) is 5.56 Å². The first-order valence-electron chi connectivity index (χ1n) is 9.28. The monoisotopic (exact) mass is 425 g/mol. The minimum absolute atomic E-state index is 0.184. The molecule has 1 amide bonds. The van der Waals surface area contributed by atoms with E-state index in [1.807, 2.05) is 19.1 Å². The number of nitrogens with zero attached hydrogens (tertiary/aromatic N) is 1. The highest BCUT2D eigenvalue weighted by Crippen LogP contribution is 2.25. The van der Waals surface area contributed by atoms with Gasteiger partial charge in [0.25, 0.3) is 10.0 Å². The van der Waals surface area contributed by atoms with Gasteiger partial charge in [0.15, 0.2) is 5.76 Å². The number of para-hydroxylation sites is 1. The Labute approximate surface area is 175 Å². The first-order chi connectivity index (χ1) is 14.2.